The van der Waals surface area contributed by atoms with Crippen LogP contribution in [0.3, 0.4) is 0 Å². The third-order valence-corrected chi connectivity index (χ3v) is 4.67. The van der Waals surface area contributed by atoms with Crippen LogP contribution in [0.2, 0.25) is 0 Å². The van der Waals surface area contributed by atoms with Crippen molar-refractivity contribution in [1.29, 1.82) is 0 Å². The lowest BCUT2D eigenvalue weighted by Crippen LogP contribution is -2.44. The summed E-state index contributed by atoms with van der Waals surface area (Å²) in [6, 6.07) is 4.68. The van der Waals surface area contributed by atoms with Crippen LogP contribution in [0.5, 0.6) is 5.75 Å². The summed E-state index contributed by atoms with van der Waals surface area (Å²) >= 11 is 0. The summed E-state index contributed by atoms with van der Waals surface area (Å²) < 4.78 is 1.66. The number of rotatable bonds is 3. The fourth-order valence-electron chi connectivity index (χ4n) is 3.34. The molecule has 1 aromatic heterocycles. The molecule has 7 nitrogen and oxygen atoms in total. The van der Waals surface area contributed by atoms with Gasteiger partial charge in [-0.3, -0.25) is 14.3 Å². The Hall–Kier alpha value is -2.83. The van der Waals surface area contributed by atoms with Gasteiger partial charge in [-0.2, -0.15) is 5.10 Å². The minimum absolute atomic E-state index is 0.0105. The van der Waals surface area contributed by atoms with E-state index in [0.29, 0.717) is 18.5 Å². The van der Waals surface area contributed by atoms with Gasteiger partial charge in [-0.1, -0.05) is 6.07 Å². The molecule has 25 heavy (non-hydrogen) atoms. The van der Waals surface area contributed by atoms with Crippen LogP contribution in [-0.2, 0) is 16.6 Å². The molecule has 1 aliphatic heterocycles. The molecule has 1 aromatic carbocycles. The summed E-state index contributed by atoms with van der Waals surface area (Å²) in [6.07, 6.45) is 4.29. The summed E-state index contributed by atoms with van der Waals surface area (Å²) in [7, 11) is 3.51. The average molecular weight is 342 g/mol. The van der Waals surface area contributed by atoms with Crippen molar-refractivity contribution in [3.8, 4) is 5.75 Å². The summed E-state index contributed by atoms with van der Waals surface area (Å²) in [4.78, 5) is 26.6. The van der Waals surface area contributed by atoms with Crippen molar-refractivity contribution in [2.45, 2.75) is 25.8 Å². The van der Waals surface area contributed by atoms with Crippen LogP contribution in [0, 0.1) is 12.8 Å². The van der Waals surface area contributed by atoms with E-state index in [0.717, 1.165) is 11.1 Å². The van der Waals surface area contributed by atoms with E-state index in [-0.39, 0.29) is 23.6 Å². The van der Waals surface area contributed by atoms with Crippen molar-refractivity contribution in [3.63, 3.8) is 0 Å². The van der Waals surface area contributed by atoms with Crippen molar-refractivity contribution in [2.75, 3.05) is 12.4 Å². The highest BCUT2D eigenvalue weighted by molar-refractivity contribution is 5.95. The fourth-order valence-corrected chi connectivity index (χ4v) is 3.34. The number of piperidine rings is 1. The Labute approximate surface area is 146 Å². The van der Waals surface area contributed by atoms with Crippen LogP contribution in [0.15, 0.2) is 30.6 Å². The van der Waals surface area contributed by atoms with Crippen LogP contribution in [0.1, 0.15) is 30.0 Å². The summed E-state index contributed by atoms with van der Waals surface area (Å²) in [6.45, 7) is 1.89. The number of nitrogens with zero attached hydrogens (tertiary/aromatic N) is 3. The first kappa shape index (κ1) is 17.0. The number of nitrogens with one attached hydrogen (secondary N) is 1. The van der Waals surface area contributed by atoms with Gasteiger partial charge in [-0.25, -0.2) is 0 Å². The molecule has 2 atom stereocenters. The quantitative estimate of drug-likeness (QED) is 0.835. The number of aromatic nitrogens is 2. The Morgan fingerprint density at radius 2 is 2.12 bits per heavy atom. The summed E-state index contributed by atoms with van der Waals surface area (Å²) in [5.74, 6) is -0.589. The number of carbonyl (C=O) groups excluding carboxylic acids is 2. The Kier molecular flexibility index (Phi) is 4.48. The number of aryl methyl sites for hydroxylation is 2. The molecule has 0 aliphatic carbocycles. The summed E-state index contributed by atoms with van der Waals surface area (Å²) in [5.41, 5.74) is 2.15. The standard InChI is InChI=1S/C18H22N4O3/c1-11-4-6-15(23)14(8-11)20-18(25)13-5-7-16(24)22(3)17(13)12-9-19-21(2)10-12/h4,6,8-10,13,17,23H,5,7H2,1-3H3,(H,20,25)/t13-,17+/m0/s1. The van der Waals surface area contributed by atoms with Crippen molar-refractivity contribution >= 4 is 17.5 Å². The SMILES string of the molecule is Cc1ccc(O)c(NC(=O)[C@H]2CCC(=O)N(C)[C@@H]2c2cnn(C)c2)c1. The van der Waals surface area contributed by atoms with Gasteiger partial charge in [0.25, 0.3) is 0 Å². The second kappa shape index (κ2) is 6.58. The molecule has 7 heteroatoms. The highest BCUT2D eigenvalue weighted by Crippen LogP contribution is 2.37. The number of benzene rings is 1. The fraction of sp³-hybridized carbons (Fsp3) is 0.389. The third-order valence-electron chi connectivity index (χ3n) is 4.67. The maximum Gasteiger partial charge on any atom is 0.230 e. The molecule has 2 heterocycles. The summed E-state index contributed by atoms with van der Waals surface area (Å²) in [5, 5.41) is 16.9. The zero-order valence-electron chi connectivity index (χ0n) is 14.6. The van der Waals surface area contributed by atoms with Gasteiger partial charge in [0.2, 0.25) is 11.8 Å². The molecule has 132 valence electrons. The molecule has 0 bridgehead atoms. The first-order valence-corrected chi connectivity index (χ1v) is 8.21. The van der Waals surface area contributed by atoms with Gasteiger partial charge in [0.1, 0.15) is 5.75 Å². The van der Waals surface area contributed by atoms with E-state index < -0.39 is 5.92 Å². The van der Waals surface area contributed by atoms with Crippen molar-refractivity contribution in [2.24, 2.45) is 13.0 Å². The predicted molar refractivity (Wildman–Crippen MR) is 92.9 cm³/mol. The molecule has 1 saturated heterocycles. The molecule has 0 unspecified atom stereocenters. The number of aromatic hydroxyl groups is 1. The Bertz CT molecular complexity index is 814. The van der Waals surface area contributed by atoms with E-state index in [2.05, 4.69) is 10.4 Å². The maximum atomic E-state index is 12.9. The molecular weight excluding hydrogens is 320 g/mol. The van der Waals surface area contributed by atoms with E-state index in [1.165, 1.54) is 0 Å². The highest BCUT2D eigenvalue weighted by Gasteiger charge is 2.39. The molecule has 2 N–H and O–H groups in total. The number of hydrogen-bond acceptors (Lipinski definition) is 4. The molecule has 0 spiro atoms. The second-order valence-corrected chi connectivity index (χ2v) is 6.55. The number of amides is 2. The first-order valence-electron chi connectivity index (χ1n) is 8.21. The molecular formula is C18H22N4O3. The number of phenols is 1. The molecule has 0 saturated carbocycles. The Morgan fingerprint density at radius 1 is 1.36 bits per heavy atom. The normalized spacial score (nSPS) is 20.6. The lowest BCUT2D eigenvalue weighted by atomic mass is 9.85. The lowest BCUT2D eigenvalue weighted by molar-refractivity contribution is -0.140. The van der Waals surface area contributed by atoms with Gasteiger partial charge in [-0.05, 0) is 31.0 Å². The molecule has 3 rings (SSSR count). The third kappa shape index (κ3) is 3.35. The molecule has 2 amide bonds. The zero-order chi connectivity index (χ0) is 18.1. The maximum absolute atomic E-state index is 12.9. The van der Waals surface area contributed by atoms with Gasteiger partial charge in [0.15, 0.2) is 0 Å². The van der Waals surface area contributed by atoms with Crippen LogP contribution in [-0.4, -0.2) is 38.6 Å². The largest absolute Gasteiger partial charge is 0.506 e. The molecule has 1 aliphatic rings. The lowest BCUT2D eigenvalue weighted by Gasteiger charge is -2.37. The molecule has 0 radical (unpaired) electrons. The predicted octanol–water partition coefficient (Wildman–Crippen LogP) is 1.98. The Morgan fingerprint density at radius 3 is 2.80 bits per heavy atom. The topological polar surface area (TPSA) is 87.5 Å². The van der Waals surface area contributed by atoms with Crippen molar-refractivity contribution in [3.05, 3.63) is 41.7 Å². The van der Waals surface area contributed by atoms with E-state index in [1.807, 2.05) is 13.1 Å². The van der Waals surface area contributed by atoms with E-state index >= 15 is 0 Å². The van der Waals surface area contributed by atoms with E-state index in [1.54, 1.807) is 48.1 Å². The average Bonchev–Trinajstić information content (AvgIpc) is 2.99. The van der Waals surface area contributed by atoms with Gasteiger partial charge in [0, 0.05) is 32.3 Å². The minimum atomic E-state index is -0.410. The highest BCUT2D eigenvalue weighted by atomic mass is 16.3. The van der Waals surface area contributed by atoms with Crippen molar-refractivity contribution < 1.29 is 14.7 Å². The van der Waals surface area contributed by atoms with E-state index in [4.69, 9.17) is 0 Å². The monoisotopic (exact) mass is 342 g/mol. The number of phenolic OH excluding ortho intramolecular Hbond substituents is 1. The van der Waals surface area contributed by atoms with Crippen LogP contribution >= 0.6 is 0 Å². The van der Waals surface area contributed by atoms with Gasteiger partial charge in [0.05, 0.1) is 23.8 Å². The number of hydrogen-bond donors (Lipinski definition) is 2. The van der Waals surface area contributed by atoms with Gasteiger partial charge in [-0.15, -0.1) is 0 Å². The smallest absolute Gasteiger partial charge is 0.230 e. The van der Waals surface area contributed by atoms with E-state index in [9.17, 15) is 14.7 Å². The molecule has 1 fully saturated rings. The van der Waals surface area contributed by atoms with Crippen LogP contribution < -0.4 is 5.32 Å². The number of likely N-dealkylation sites (tertiary alicyclic amines) is 1. The number of carbonyl (C=O) groups is 2. The second-order valence-electron chi connectivity index (χ2n) is 6.55. The van der Waals surface area contributed by atoms with Gasteiger partial charge >= 0.3 is 0 Å². The van der Waals surface area contributed by atoms with Crippen LogP contribution in [0.4, 0.5) is 5.69 Å². The number of anilines is 1. The first-order chi connectivity index (χ1) is 11.9. The van der Waals surface area contributed by atoms with Crippen LogP contribution in [0.25, 0.3) is 0 Å². The Balaban J connectivity index is 1.88. The minimum Gasteiger partial charge on any atom is -0.506 e. The van der Waals surface area contributed by atoms with Crippen molar-refractivity contribution in [1.82, 2.24) is 14.7 Å². The molecule has 2 aromatic rings. The zero-order valence-corrected chi connectivity index (χ0v) is 14.6. The van der Waals surface area contributed by atoms with Gasteiger partial charge < -0.3 is 15.3 Å².